The molecule has 0 aromatic carbocycles. The molecule has 2 N–H and O–H groups in total. The quantitative estimate of drug-likeness (QED) is 0.832. The predicted molar refractivity (Wildman–Crippen MR) is 79.4 cm³/mol. The Kier molecular flexibility index (Phi) is 3.55. The second kappa shape index (κ2) is 5.33. The van der Waals surface area contributed by atoms with Gasteiger partial charge in [0, 0.05) is 12.1 Å². The Morgan fingerprint density at radius 2 is 2.26 bits per heavy atom. The lowest BCUT2D eigenvalue weighted by Crippen LogP contribution is -2.40. The van der Waals surface area contributed by atoms with E-state index < -0.39 is 0 Å². The summed E-state index contributed by atoms with van der Waals surface area (Å²) in [7, 11) is 1.61. The van der Waals surface area contributed by atoms with E-state index in [0.717, 1.165) is 17.5 Å². The molecule has 3 rings (SSSR count). The highest BCUT2D eigenvalue weighted by molar-refractivity contribution is 7.80. The van der Waals surface area contributed by atoms with E-state index in [1.807, 2.05) is 12.1 Å². The molecule has 0 aliphatic heterocycles. The average molecular weight is 277 g/mol. The first-order chi connectivity index (χ1) is 9.24. The molecule has 5 heteroatoms. The zero-order valence-corrected chi connectivity index (χ0v) is 11.9. The van der Waals surface area contributed by atoms with E-state index in [9.17, 15) is 0 Å². The molecule has 1 aromatic heterocycles. The van der Waals surface area contributed by atoms with E-state index in [4.69, 9.17) is 17.0 Å². The minimum Gasteiger partial charge on any atom is -0.481 e. The molecule has 2 aliphatic rings. The molecule has 2 aliphatic carbocycles. The van der Waals surface area contributed by atoms with Gasteiger partial charge in [-0.3, -0.25) is 0 Å². The highest BCUT2D eigenvalue weighted by Gasteiger charge is 2.39. The molecule has 0 spiro atoms. The van der Waals surface area contributed by atoms with E-state index in [0.29, 0.717) is 17.0 Å². The molecule has 0 unspecified atom stereocenters. The summed E-state index contributed by atoms with van der Waals surface area (Å²) in [5.74, 6) is 2.35. The van der Waals surface area contributed by atoms with Crippen molar-refractivity contribution in [1.29, 1.82) is 0 Å². The standard InChI is InChI=1S/C14H19N3OS/c1-18-13-5-4-11(8-15-13)16-14(19)17-12-7-9-2-3-10(12)6-9/h4-5,8-10,12H,2-3,6-7H2,1H3,(H2,16,17,19)/t9-,10-,12-/m1/s1. The maximum absolute atomic E-state index is 5.37. The second-order valence-electron chi connectivity index (χ2n) is 5.47. The number of anilines is 1. The summed E-state index contributed by atoms with van der Waals surface area (Å²) in [4.78, 5) is 4.15. The van der Waals surface area contributed by atoms with Gasteiger partial charge in [0.15, 0.2) is 5.11 Å². The van der Waals surface area contributed by atoms with Gasteiger partial charge in [-0.05, 0) is 49.4 Å². The van der Waals surface area contributed by atoms with Crippen molar-refractivity contribution in [3.8, 4) is 5.88 Å². The van der Waals surface area contributed by atoms with Crippen LogP contribution in [0.15, 0.2) is 18.3 Å². The number of rotatable bonds is 3. The molecule has 19 heavy (non-hydrogen) atoms. The van der Waals surface area contributed by atoms with Crippen molar-refractivity contribution in [1.82, 2.24) is 10.3 Å². The summed E-state index contributed by atoms with van der Waals surface area (Å²) in [5, 5.41) is 7.33. The Morgan fingerprint density at radius 3 is 2.84 bits per heavy atom. The number of hydrogen-bond acceptors (Lipinski definition) is 3. The van der Waals surface area contributed by atoms with Gasteiger partial charge in [0.1, 0.15) is 0 Å². The van der Waals surface area contributed by atoms with Crippen LogP contribution in [0.3, 0.4) is 0 Å². The highest BCUT2D eigenvalue weighted by Crippen LogP contribution is 2.44. The monoisotopic (exact) mass is 277 g/mol. The zero-order chi connectivity index (χ0) is 13.2. The molecule has 102 valence electrons. The minimum absolute atomic E-state index is 0.560. The topological polar surface area (TPSA) is 46.2 Å². The summed E-state index contributed by atoms with van der Waals surface area (Å²) >= 11 is 5.37. The first-order valence-corrected chi connectivity index (χ1v) is 7.23. The van der Waals surface area contributed by atoms with Crippen LogP contribution in [0, 0.1) is 11.8 Å². The largest absolute Gasteiger partial charge is 0.481 e. The third kappa shape index (κ3) is 2.81. The molecule has 1 heterocycles. The number of ether oxygens (including phenoxy) is 1. The van der Waals surface area contributed by atoms with Crippen molar-refractivity contribution in [2.24, 2.45) is 11.8 Å². The molecular weight excluding hydrogens is 258 g/mol. The van der Waals surface area contributed by atoms with Crippen LogP contribution in [0.5, 0.6) is 5.88 Å². The first kappa shape index (κ1) is 12.7. The number of fused-ring (bicyclic) bond motifs is 2. The fourth-order valence-corrected chi connectivity index (χ4v) is 3.60. The molecule has 0 amide bonds. The van der Waals surface area contributed by atoms with Crippen LogP contribution in [-0.4, -0.2) is 23.2 Å². The second-order valence-corrected chi connectivity index (χ2v) is 5.88. The van der Waals surface area contributed by atoms with Crippen molar-refractivity contribution in [2.75, 3.05) is 12.4 Å². The van der Waals surface area contributed by atoms with Crippen molar-refractivity contribution in [2.45, 2.75) is 31.7 Å². The Bertz CT molecular complexity index is 462. The molecule has 2 saturated carbocycles. The average Bonchev–Trinajstić information content (AvgIpc) is 3.02. The van der Waals surface area contributed by atoms with Gasteiger partial charge in [0.2, 0.25) is 5.88 Å². The molecule has 2 bridgehead atoms. The van der Waals surface area contributed by atoms with E-state index in [2.05, 4.69) is 15.6 Å². The number of nitrogens with zero attached hydrogens (tertiary/aromatic N) is 1. The summed E-state index contributed by atoms with van der Waals surface area (Å²) in [5.41, 5.74) is 0.890. The number of pyridine rings is 1. The molecule has 4 nitrogen and oxygen atoms in total. The van der Waals surface area contributed by atoms with Gasteiger partial charge < -0.3 is 15.4 Å². The van der Waals surface area contributed by atoms with Crippen LogP contribution >= 0.6 is 12.2 Å². The lowest BCUT2D eigenvalue weighted by atomic mass is 9.96. The number of methoxy groups -OCH3 is 1. The van der Waals surface area contributed by atoms with Gasteiger partial charge in [-0.15, -0.1) is 0 Å². The first-order valence-electron chi connectivity index (χ1n) is 6.82. The highest BCUT2D eigenvalue weighted by atomic mass is 32.1. The summed E-state index contributed by atoms with van der Waals surface area (Å²) in [6.45, 7) is 0. The minimum atomic E-state index is 0.560. The summed E-state index contributed by atoms with van der Waals surface area (Å²) in [6, 6.07) is 4.30. The Labute approximate surface area is 118 Å². The SMILES string of the molecule is COc1ccc(NC(=S)N[C@@H]2C[C@@H]3CC[C@@H]2C3)cn1. The van der Waals surface area contributed by atoms with Gasteiger partial charge in [0.25, 0.3) is 0 Å². The summed E-state index contributed by atoms with van der Waals surface area (Å²) in [6.07, 6.45) is 7.14. The van der Waals surface area contributed by atoms with Crippen LogP contribution in [0.2, 0.25) is 0 Å². The third-order valence-corrected chi connectivity index (χ3v) is 4.48. The van der Waals surface area contributed by atoms with Crippen LogP contribution in [0.25, 0.3) is 0 Å². The molecule has 0 saturated heterocycles. The fraction of sp³-hybridized carbons (Fsp3) is 0.571. The Balaban J connectivity index is 1.53. The Morgan fingerprint density at radius 1 is 1.37 bits per heavy atom. The molecular formula is C14H19N3OS. The lowest BCUT2D eigenvalue weighted by Gasteiger charge is -2.24. The number of aromatic nitrogens is 1. The van der Waals surface area contributed by atoms with Crippen LogP contribution in [0.1, 0.15) is 25.7 Å². The molecule has 1 aromatic rings. The third-order valence-electron chi connectivity index (χ3n) is 4.26. The van der Waals surface area contributed by atoms with Gasteiger partial charge in [-0.2, -0.15) is 0 Å². The lowest BCUT2D eigenvalue weighted by molar-refractivity contribution is 0.391. The number of thiocarbonyl (C=S) groups is 1. The van der Waals surface area contributed by atoms with E-state index in [1.54, 1.807) is 13.3 Å². The van der Waals surface area contributed by atoms with Crippen molar-refractivity contribution in [3.05, 3.63) is 18.3 Å². The maximum atomic E-state index is 5.37. The van der Waals surface area contributed by atoms with Crippen LogP contribution in [-0.2, 0) is 0 Å². The Hall–Kier alpha value is -1.36. The van der Waals surface area contributed by atoms with Gasteiger partial charge in [0.05, 0.1) is 19.0 Å². The normalized spacial score (nSPS) is 28.2. The van der Waals surface area contributed by atoms with Gasteiger partial charge >= 0.3 is 0 Å². The van der Waals surface area contributed by atoms with E-state index >= 15 is 0 Å². The molecule has 0 radical (unpaired) electrons. The zero-order valence-electron chi connectivity index (χ0n) is 11.1. The smallest absolute Gasteiger partial charge is 0.213 e. The van der Waals surface area contributed by atoms with E-state index in [-0.39, 0.29) is 0 Å². The van der Waals surface area contributed by atoms with Gasteiger partial charge in [-0.25, -0.2) is 4.98 Å². The maximum Gasteiger partial charge on any atom is 0.213 e. The molecule has 3 atom stereocenters. The van der Waals surface area contributed by atoms with Gasteiger partial charge in [-0.1, -0.05) is 6.42 Å². The molecule has 2 fully saturated rings. The predicted octanol–water partition coefficient (Wildman–Crippen LogP) is 2.57. The summed E-state index contributed by atoms with van der Waals surface area (Å²) < 4.78 is 5.03. The van der Waals surface area contributed by atoms with Crippen molar-refractivity contribution >= 4 is 23.0 Å². The van der Waals surface area contributed by atoms with Crippen LogP contribution in [0.4, 0.5) is 5.69 Å². The number of hydrogen-bond donors (Lipinski definition) is 2. The van der Waals surface area contributed by atoms with Crippen molar-refractivity contribution in [3.63, 3.8) is 0 Å². The van der Waals surface area contributed by atoms with Crippen molar-refractivity contribution < 1.29 is 4.74 Å². The van der Waals surface area contributed by atoms with E-state index in [1.165, 1.54) is 25.7 Å². The fourth-order valence-electron chi connectivity index (χ4n) is 3.33. The van der Waals surface area contributed by atoms with Crippen LogP contribution < -0.4 is 15.4 Å². The number of nitrogens with one attached hydrogen (secondary N) is 2.